The van der Waals surface area contributed by atoms with Crippen LogP contribution in [0.25, 0.3) is 0 Å². The average Bonchev–Trinajstić information content (AvgIpc) is 2.86. The van der Waals surface area contributed by atoms with Gasteiger partial charge in [0.25, 0.3) is 0 Å². The number of methoxy groups -OCH3 is 1. The molecule has 0 aromatic rings. The van der Waals surface area contributed by atoms with Crippen LogP contribution in [0.3, 0.4) is 0 Å². The van der Waals surface area contributed by atoms with Crippen LogP contribution in [0.2, 0.25) is 0 Å². The van der Waals surface area contributed by atoms with Crippen molar-refractivity contribution in [2.24, 2.45) is 22.7 Å². The van der Waals surface area contributed by atoms with E-state index in [1.54, 1.807) is 7.11 Å². The van der Waals surface area contributed by atoms with E-state index in [0.717, 1.165) is 24.7 Å². The second-order valence-corrected chi connectivity index (χ2v) is 11.9. The molecule has 0 saturated heterocycles. The monoisotopic (exact) mass is 446 g/mol. The van der Waals surface area contributed by atoms with Gasteiger partial charge in [0.1, 0.15) is 0 Å². The van der Waals surface area contributed by atoms with Crippen LogP contribution in [0.5, 0.6) is 0 Å². The largest absolute Gasteiger partial charge is 0.469 e. The van der Waals surface area contributed by atoms with Gasteiger partial charge < -0.3 is 4.74 Å². The molecular formula is C30H54O2. The molecule has 0 bridgehead atoms. The quantitative estimate of drug-likeness (QED) is 0.220. The number of esters is 1. The molecule has 3 aliphatic rings. The lowest BCUT2D eigenvalue weighted by molar-refractivity contribution is -0.172. The fourth-order valence-electron chi connectivity index (χ4n) is 8.14. The minimum atomic E-state index is -0.182. The van der Waals surface area contributed by atoms with Gasteiger partial charge in [-0.1, -0.05) is 110 Å². The molecule has 0 aromatic carbocycles. The molecule has 0 radical (unpaired) electrons. The van der Waals surface area contributed by atoms with Gasteiger partial charge in [-0.05, 0) is 62.2 Å². The van der Waals surface area contributed by atoms with Gasteiger partial charge in [-0.3, -0.25) is 4.79 Å². The molecular weight excluding hydrogens is 392 g/mol. The topological polar surface area (TPSA) is 26.3 Å². The summed E-state index contributed by atoms with van der Waals surface area (Å²) in [5.41, 5.74) is 0.0343. The number of hydrogen-bond acceptors (Lipinski definition) is 2. The Kier molecular flexibility index (Phi) is 10.9. The van der Waals surface area contributed by atoms with Gasteiger partial charge in [0.2, 0.25) is 0 Å². The molecule has 0 amide bonds. The molecule has 186 valence electrons. The van der Waals surface area contributed by atoms with E-state index in [4.69, 9.17) is 4.74 Å². The summed E-state index contributed by atoms with van der Waals surface area (Å²) >= 11 is 0. The number of unbranched alkanes of at least 4 members (excludes halogenated alkanes) is 7. The van der Waals surface area contributed by atoms with Crippen molar-refractivity contribution >= 4 is 5.97 Å². The summed E-state index contributed by atoms with van der Waals surface area (Å²) in [6, 6.07) is 0. The summed E-state index contributed by atoms with van der Waals surface area (Å²) in [5.74, 6) is 2.05. The Morgan fingerprint density at radius 1 is 0.688 bits per heavy atom. The third-order valence-corrected chi connectivity index (χ3v) is 10.1. The molecule has 0 spiro atoms. The van der Waals surface area contributed by atoms with Crippen LogP contribution in [-0.2, 0) is 9.53 Å². The third kappa shape index (κ3) is 6.32. The second kappa shape index (κ2) is 13.4. The van der Waals surface area contributed by atoms with Crippen LogP contribution < -0.4 is 0 Å². The lowest BCUT2D eigenvalue weighted by atomic mass is 9.49. The Morgan fingerprint density at radius 2 is 1.22 bits per heavy atom. The van der Waals surface area contributed by atoms with E-state index in [9.17, 15) is 4.79 Å². The van der Waals surface area contributed by atoms with Crippen LogP contribution in [0.1, 0.15) is 155 Å². The number of carbonyl (C=O) groups is 1. The van der Waals surface area contributed by atoms with Gasteiger partial charge in [0.15, 0.2) is 0 Å². The molecule has 2 heteroatoms. The Labute approximate surface area is 200 Å². The van der Waals surface area contributed by atoms with E-state index in [2.05, 4.69) is 6.92 Å². The highest BCUT2D eigenvalue weighted by Gasteiger charge is 2.57. The molecule has 0 heterocycles. The van der Waals surface area contributed by atoms with E-state index >= 15 is 0 Å². The van der Waals surface area contributed by atoms with Crippen molar-refractivity contribution in [2.75, 3.05) is 7.11 Å². The van der Waals surface area contributed by atoms with Gasteiger partial charge in [-0.15, -0.1) is 0 Å². The molecule has 0 aromatic heterocycles. The normalized spacial score (nSPS) is 29.0. The fraction of sp³-hybridized carbons (Fsp3) is 0.967. The van der Waals surface area contributed by atoms with Gasteiger partial charge in [0.05, 0.1) is 12.5 Å². The first-order valence-corrected chi connectivity index (χ1v) is 14.8. The maximum atomic E-state index is 13.4. The van der Waals surface area contributed by atoms with Crippen molar-refractivity contribution < 1.29 is 9.53 Å². The van der Waals surface area contributed by atoms with E-state index in [-0.39, 0.29) is 16.8 Å². The molecule has 3 fully saturated rings. The van der Waals surface area contributed by atoms with E-state index in [0.29, 0.717) is 0 Å². The Balaban J connectivity index is 1.63. The summed E-state index contributed by atoms with van der Waals surface area (Å²) in [4.78, 5) is 13.4. The second-order valence-electron chi connectivity index (χ2n) is 11.9. The molecule has 3 aliphatic carbocycles. The van der Waals surface area contributed by atoms with Gasteiger partial charge in [-0.2, -0.15) is 0 Å². The molecule has 0 unspecified atom stereocenters. The van der Waals surface area contributed by atoms with Crippen LogP contribution in [0, 0.1) is 22.7 Å². The SMILES string of the molecule is CCCCCCCCCC[C@]1(C2(C(=O)OC)CCCCC2)CC[C@@H](C2CCCCC2)CC1. The average molecular weight is 447 g/mol. The highest BCUT2D eigenvalue weighted by molar-refractivity contribution is 5.78. The number of rotatable bonds is 12. The molecule has 32 heavy (non-hydrogen) atoms. The van der Waals surface area contributed by atoms with E-state index < -0.39 is 0 Å². The Bertz CT molecular complexity index is 519. The minimum Gasteiger partial charge on any atom is -0.469 e. The molecule has 2 nitrogen and oxygen atoms in total. The first-order valence-electron chi connectivity index (χ1n) is 14.8. The van der Waals surface area contributed by atoms with Crippen molar-refractivity contribution in [3.63, 3.8) is 0 Å². The zero-order valence-electron chi connectivity index (χ0n) is 21.7. The maximum Gasteiger partial charge on any atom is 0.312 e. The molecule has 0 N–H and O–H groups in total. The molecule has 3 rings (SSSR count). The van der Waals surface area contributed by atoms with Crippen LogP contribution >= 0.6 is 0 Å². The summed E-state index contributed by atoms with van der Waals surface area (Å²) in [6.45, 7) is 2.30. The van der Waals surface area contributed by atoms with Crippen molar-refractivity contribution in [3.8, 4) is 0 Å². The zero-order chi connectivity index (χ0) is 22.7. The van der Waals surface area contributed by atoms with Crippen LogP contribution in [0.15, 0.2) is 0 Å². The van der Waals surface area contributed by atoms with E-state index in [1.807, 2.05) is 0 Å². The van der Waals surface area contributed by atoms with E-state index in [1.165, 1.54) is 135 Å². The van der Waals surface area contributed by atoms with Crippen molar-refractivity contribution in [1.29, 1.82) is 0 Å². The van der Waals surface area contributed by atoms with Crippen molar-refractivity contribution in [1.82, 2.24) is 0 Å². The van der Waals surface area contributed by atoms with Crippen molar-refractivity contribution in [3.05, 3.63) is 0 Å². The number of ether oxygens (including phenoxy) is 1. The highest BCUT2D eigenvalue weighted by atomic mass is 16.5. The Morgan fingerprint density at radius 3 is 1.81 bits per heavy atom. The summed E-state index contributed by atoms with van der Waals surface area (Å²) in [5, 5.41) is 0. The lowest BCUT2D eigenvalue weighted by Crippen LogP contribution is -2.51. The van der Waals surface area contributed by atoms with Crippen molar-refractivity contribution in [2.45, 2.75) is 155 Å². The molecule has 0 aliphatic heterocycles. The Hall–Kier alpha value is -0.530. The predicted molar refractivity (Wildman–Crippen MR) is 136 cm³/mol. The molecule has 3 saturated carbocycles. The summed E-state index contributed by atoms with van der Waals surface area (Å²) < 4.78 is 5.56. The van der Waals surface area contributed by atoms with Gasteiger partial charge in [-0.25, -0.2) is 0 Å². The third-order valence-electron chi connectivity index (χ3n) is 10.1. The zero-order valence-corrected chi connectivity index (χ0v) is 21.7. The summed E-state index contributed by atoms with van der Waals surface area (Å²) in [6.07, 6.45) is 30.9. The van der Waals surface area contributed by atoms with Gasteiger partial charge in [0, 0.05) is 0 Å². The summed E-state index contributed by atoms with van der Waals surface area (Å²) in [7, 11) is 1.65. The maximum absolute atomic E-state index is 13.4. The minimum absolute atomic E-state index is 0.146. The lowest BCUT2D eigenvalue weighted by Gasteiger charge is -2.55. The standard InChI is InChI=1S/C30H54O2/c1-3-4-5-6-7-8-9-14-21-29(30(28(31)32-2)22-15-11-16-23-30)24-19-27(20-25-29)26-17-12-10-13-18-26/h26-27H,3-25H2,1-2H3/t27-,29+. The first-order chi connectivity index (χ1) is 15.7. The predicted octanol–water partition coefficient (Wildman–Crippen LogP) is 9.40. The van der Waals surface area contributed by atoms with Crippen LogP contribution in [0.4, 0.5) is 0 Å². The van der Waals surface area contributed by atoms with Crippen LogP contribution in [-0.4, -0.2) is 13.1 Å². The fourth-order valence-corrected chi connectivity index (χ4v) is 8.14. The smallest absolute Gasteiger partial charge is 0.312 e. The molecule has 0 atom stereocenters. The highest BCUT2D eigenvalue weighted by Crippen LogP contribution is 2.61. The first kappa shape index (κ1) is 26.1. The number of hydrogen-bond donors (Lipinski definition) is 0. The number of carbonyl (C=O) groups excluding carboxylic acids is 1. The van der Waals surface area contributed by atoms with Gasteiger partial charge >= 0.3 is 5.97 Å².